The van der Waals surface area contributed by atoms with Gasteiger partial charge in [-0.15, -0.1) is 0 Å². The van der Waals surface area contributed by atoms with Crippen LogP contribution in [0, 0.1) is 3.57 Å². The maximum atomic E-state index is 12.8. The molecule has 168 valence electrons. The molecule has 1 aliphatic rings. The summed E-state index contributed by atoms with van der Waals surface area (Å²) in [6.07, 6.45) is 3.37. The van der Waals surface area contributed by atoms with Gasteiger partial charge in [-0.1, -0.05) is 60.7 Å². The van der Waals surface area contributed by atoms with E-state index in [4.69, 9.17) is 4.74 Å². The first-order valence-corrected chi connectivity index (χ1v) is 11.5. The summed E-state index contributed by atoms with van der Waals surface area (Å²) >= 11 is 2.02. The number of nitrogens with zero attached hydrogens (tertiary/aromatic N) is 1. The predicted octanol–water partition coefficient (Wildman–Crippen LogP) is 3.78. The average Bonchev–Trinajstić information content (AvgIpc) is 3.30. The quantitative estimate of drug-likeness (QED) is 0.203. The van der Waals surface area contributed by atoms with E-state index in [1.54, 1.807) is 12.1 Å². The Kier molecular flexibility index (Phi) is 6.95. The number of hydrazone groups is 1. The lowest BCUT2D eigenvalue weighted by Gasteiger charge is -2.28. The van der Waals surface area contributed by atoms with Gasteiger partial charge in [0.15, 0.2) is 11.5 Å². The third-order valence-corrected chi connectivity index (χ3v) is 6.01. The fraction of sp³-hybridized carbons (Fsp3) is 0.120. The Morgan fingerprint density at radius 1 is 1.12 bits per heavy atom. The van der Waals surface area contributed by atoms with Crippen LogP contribution < -0.4 is 21.0 Å². The van der Waals surface area contributed by atoms with Crippen LogP contribution in [0.2, 0.25) is 0 Å². The standard InChI is InChI=1S/C25H23IN4O3/c1-2-33-22-14-17(13-20(26)23(22)31)16-27-29-24(32)21-15-25(30-28-21,18-9-5-3-6-10-18)19-11-7-4-8-12-19/h3-16,28,30-31H,2H2,1H3,(H,29,32)/b27-16+. The molecule has 0 unspecified atom stereocenters. The van der Waals surface area contributed by atoms with E-state index in [1.165, 1.54) is 6.21 Å². The van der Waals surface area contributed by atoms with Crippen molar-refractivity contribution in [2.24, 2.45) is 5.10 Å². The summed E-state index contributed by atoms with van der Waals surface area (Å²) in [4.78, 5) is 12.8. The van der Waals surface area contributed by atoms with Crippen molar-refractivity contribution in [3.63, 3.8) is 0 Å². The largest absolute Gasteiger partial charge is 0.504 e. The van der Waals surface area contributed by atoms with E-state index < -0.39 is 5.54 Å². The Morgan fingerprint density at radius 2 is 1.76 bits per heavy atom. The average molecular weight is 554 g/mol. The molecule has 0 bridgehead atoms. The SMILES string of the molecule is CCOc1cc(/C=N/NC(=O)C2=CC(c3ccccc3)(c3ccccc3)NN2)cc(I)c1O. The molecule has 0 saturated carbocycles. The van der Waals surface area contributed by atoms with Gasteiger partial charge in [0, 0.05) is 0 Å². The van der Waals surface area contributed by atoms with Gasteiger partial charge in [0.05, 0.1) is 16.4 Å². The normalized spacial score (nSPS) is 14.5. The molecule has 0 fully saturated rings. The van der Waals surface area contributed by atoms with Crippen molar-refractivity contribution in [2.75, 3.05) is 6.61 Å². The summed E-state index contributed by atoms with van der Waals surface area (Å²) in [5.41, 5.74) is 11.2. The van der Waals surface area contributed by atoms with Gasteiger partial charge in [-0.3, -0.25) is 4.79 Å². The number of aromatic hydroxyl groups is 1. The molecule has 0 saturated heterocycles. The van der Waals surface area contributed by atoms with E-state index in [9.17, 15) is 9.90 Å². The number of carbonyl (C=O) groups is 1. The number of hydrogen-bond donors (Lipinski definition) is 4. The minimum atomic E-state index is -0.696. The predicted molar refractivity (Wildman–Crippen MR) is 136 cm³/mol. The van der Waals surface area contributed by atoms with Gasteiger partial charge in [0.2, 0.25) is 0 Å². The number of phenols is 1. The minimum Gasteiger partial charge on any atom is -0.504 e. The van der Waals surface area contributed by atoms with Crippen molar-refractivity contribution in [3.05, 3.63) is 105 Å². The molecule has 3 aromatic carbocycles. The highest BCUT2D eigenvalue weighted by atomic mass is 127. The van der Waals surface area contributed by atoms with Crippen LogP contribution in [0.1, 0.15) is 23.6 Å². The van der Waals surface area contributed by atoms with E-state index in [-0.39, 0.29) is 11.7 Å². The number of rotatable bonds is 7. The fourth-order valence-corrected chi connectivity index (χ4v) is 4.24. The number of halogens is 1. The van der Waals surface area contributed by atoms with Crippen molar-refractivity contribution in [3.8, 4) is 11.5 Å². The second kappa shape index (κ2) is 10.1. The third-order valence-electron chi connectivity index (χ3n) is 5.19. The van der Waals surface area contributed by atoms with Gasteiger partial charge in [-0.2, -0.15) is 5.10 Å². The maximum absolute atomic E-state index is 12.8. The number of hydrazine groups is 1. The van der Waals surface area contributed by atoms with Crippen LogP contribution in [0.5, 0.6) is 11.5 Å². The number of nitrogens with one attached hydrogen (secondary N) is 3. The summed E-state index contributed by atoms with van der Waals surface area (Å²) in [5, 5.41) is 14.2. The van der Waals surface area contributed by atoms with E-state index in [1.807, 2.05) is 96.3 Å². The zero-order valence-electron chi connectivity index (χ0n) is 17.9. The third kappa shape index (κ3) is 4.86. The van der Waals surface area contributed by atoms with E-state index >= 15 is 0 Å². The fourth-order valence-electron chi connectivity index (χ4n) is 3.62. The van der Waals surface area contributed by atoms with Crippen LogP contribution in [-0.2, 0) is 10.3 Å². The molecule has 0 aliphatic carbocycles. The first kappa shape index (κ1) is 22.8. The highest BCUT2D eigenvalue weighted by Gasteiger charge is 2.38. The molecule has 1 aliphatic heterocycles. The molecular formula is C25H23IN4O3. The Hall–Kier alpha value is -3.37. The van der Waals surface area contributed by atoms with Crippen molar-refractivity contribution in [1.82, 2.24) is 16.3 Å². The van der Waals surface area contributed by atoms with Crippen LogP contribution in [0.3, 0.4) is 0 Å². The van der Waals surface area contributed by atoms with Gasteiger partial charge in [-0.05, 0) is 64.4 Å². The first-order valence-electron chi connectivity index (χ1n) is 10.4. The molecule has 8 heteroatoms. The van der Waals surface area contributed by atoms with E-state index in [0.29, 0.717) is 27.2 Å². The van der Waals surface area contributed by atoms with Gasteiger partial charge < -0.3 is 15.3 Å². The first-order chi connectivity index (χ1) is 16.0. The molecule has 33 heavy (non-hydrogen) atoms. The molecule has 1 heterocycles. The second-order valence-corrected chi connectivity index (χ2v) is 8.49. The van der Waals surface area contributed by atoms with Crippen molar-refractivity contribution < 1.29 is 14.6 Å². The number of ether oxygens (including phenoxy) is 1. The minimum absolute atomic E-state index is 0.0863. The lowest BCUT2D eigenvalue weighted by atomic mass is 9.83. The molecule has 0 aromatic heterocycles. The second-order valence-electron chi connectivity index (χ2n) is 7.33. The van der Waals surface area contributed by atoms with Crippen LogP contribution in [0.25, 0.3) is 0 Å². The Balaban J connectivity index is 1.56. The summed E-state index contributed by atoms with van der Waals surface area (Å²) in [6.45, 7) is 2.27. The monoisotopic (exact) mass is 554 g/mol. The van der Waals surface area contributed by atoms with Crippen LogP contribution in [-0.4, -0.2) is 23.8 Å². The molecule has 0 spiro atoms. The molecule has 3 aromatic rings. The molecule has 7 nitrogen and oxygen atoms in total. The van der Waals surface area contributed by atoms with Crippen LogP contribution >= 0.6 is 22.6 Å². The van der Waals surface area contributed by atoms with Gasteiger partial charge in [0.1, 0.15) is 11.2 Å². The zero-order valence-corrected chi connectivity index (χ0v) is 20.0. The molecule has 4 N–H and O–H groups in total. The molecule has 1 amide bonds. The lowest BCUT2D eigenvalue weighted by Crippen LogP contribution is -2.44. The molecular weight excluding hydrogens is 531 g/mol. The van der Waals surface area contributed by atoms with Crippen molar-refractivity contribution in [1.29, 1.82) is 0 Å². The Morgan fingerprint density at radius 3 is 2.36 bits per heavy atom. The van der Waals surface area contributed by atoms with Crippen molar-refractivity contribution in [2.45, 2.75) is 12.5 Å². The summed E-state index contributed by atoms with van der Waals surface area (Å²) in [6, 6.07) is 23.2. The molecule has 4 rings (SSSR count). The number of benzene rings is 3. The van der Waals surface area contributed by atoms with Gasteiger partial charge in [-0.25, -0.2) is 10.9 Å². The van der Waals surface area contributed by atoms with E-state index in [0.717, 1.165) is 11.1 Å². The Bertz CT molecular complexity index is 1160. The number of carbonyl (C=O) groups excluding carboxylic acids is 1. The summed E-state index contributed by atoms with van der Waals surface area (Å²) in [7, 11) is 0. The van der Waals surface area contributed by atoms with Gasteiger partial charge >= 0.3 is 0 Å². The lowest BCUT2D eigenvalue weighted by molar-refractivity contribution is -0.117. The molecule has 0 radical (unpaired) electrons. The number of hydrogen-bond acceptors (Lipinski definition) is 6. The summed E-state index contributed by atoms with van der Waals surface area (Å²) < 4.78 is 6.07. The summed E-state index contributed by atoms with van der Waals surface area (Å²) in [5.74, 6) is 0.0752. The number of phenolic OH excluding ortho intramolecular Hbond substituents is 1. The van der Waals surface area contributed by atoms with Crippen LogP contribution in [0.4, 0.5) is 0 Å². The van der Waals surface area contributed by atoms with Crippen molar-refractivity contribution >= 4 is 34.7 Å². The Labute approximate surface area is 205 Å². The smallest absolute Gasteiger partial charge is 0.288 e. The highest BCUT2D eigenvalue weighted by molar-refractivity contribution is 14.1. The van der Waals surface area contributed by atoms with Gasteiger partial charge in [0.25, 0.3) is 5.91 Å². The number of amides is 1. The highest BCUT2D eigenvalue weighted by Crippen LogP contribution is 2.34. The molecule has 0 atom stereocenters. The van der Waals surface area contributed by atoms with Crippen LogP contribution in [0.15, 0.2) is 89.7 Å². The maximum Gasteiger partial charge on any atom is 0.288 e. The topological polar surface area (TPSA) is 95.0 Å². The van der Waals surface area contributed by atoms with E-state index in [2.05, 4.69) is 21.4 Å². The zero-order chi connectivity index (χ0) is 23.3.